The van der Waals surface area contributed by atoms with Crippen LogP contribution in [0.5, 0.6) is 0 Å². The summed E-state index contributed by atoms with van der Waals surface area (Å²) in [6.45, 7) is 2.56. The molecule has 0 fully saturated rings. The van der Waals surface area contributed by atoms with Crippen molar-refractivity contribution in [1.29, 1.82) is 0 Å². The minimum absolute atomic E-state index is 0.0154. The van der Waals surface area contributed by atoms with Gasteiger partial charge in [0.15, 0.2) is 11.6 Å². The molecule has 3 nitrogen and oxygen atoms in total. The maximum atomic E-state index is 13.4. The van der Waals surface area contributed by atoms with Gasteiger partial charge in [-0.1, -0.05) is 6.92 Å². The molecule has 0 aliphatic rings. The second-order valence-electron chi connectivity index (χ2n) is 4.18. The lowest BCUT2D eigenvalue weighted by molar-refractivity contribution is 0.229. The number of nitrogen functional groups attached to an aromatic ring is 1. The summed E-state index contributed by atoms with van der Waals surface area (Å²) in [5, 5.41) is 11.6. The zero-order chi connectivity index (χ0) is 12.8. The van der Waals surface area contributed by atoms with Crippen LogP contribution in [0.1, 0.15) is 19.8 Å². The van der Waals surface area contributed by atoms with E-state index in [2.05, 4.69) is 5.32 Å². The van der Waals surface area contributed by atoms with Gasteiger partial charge in [-0.15, -0.1) is 0 Å². The Morgan fingerprint density at radius 1 is 1.41 bits per heavy atom. The van der Waals surface area contributed by atoms with Gasteiger partial charge in [-0.25, -0.2) is 8.78 Å². The first-order chi connectivity index (χ1) is 8.06. The van der Waals surface area contributed by atoms with E-state index in [0.717, 1.165) is 18.9 Å². The van der Waals surface area contributed by atoms with Crippen LogP contribution in [-0.2, 0) is 0 Å². The summed E-state index contributed by atoms with van der Waals surface area (Å²) in [5.41, 5.74) is 5.76. The summed E-state index contributed by atoms with van der Waals surface area (Å²) in [7, 11) is 0. The van der Waals surface area contributed by atoms with Gasteiger partial charge >= 0.3 is 0 Å². The molecule has 1 aromatic carbocycles. The molecular weight excluding hydrogens is 226 g/mol. The lowest BCUT2D eigenvalue weighted by atomic mass is 10.1. The van der Waals surface area contributed by atoms with Crippen molar-refractivity contribution in [3.8, 4) is 0 Å². The molecule has 0 aliphatic carbocycles. The van der Waals surface area contributed by atoms with Gasteiger partial charge in [0.2, 0.25) is 0 Å². The van der Waals surface area contributed by atoms with E-state index in [1.54, 1.807) is 0 Å². The van der Waals surface area contributed by atoms with E-state index >= 15 is 0 Å². The van der Waals surface area contributed by atoms with Gasteiger partial charge in [0.05, 0.1) is 11.4 Å². The first kappa shape index (κ1) is 13.7. The predicted octanol–water partition coefficient (Wildman–Crippen LogP) is 2.37. The second-order valence-corrected chi connectivity index (χ2v) is 4.18. The number of halogens is 2. The molecular formula is C12H18F2N2O. The Kier molecular flexibility index (Phi) is 5.15. The van der Waals surface area contributed by atoms with Crippen molar-refractivity contribution in [1.82, 2.24) is 0 Å². The van der Waals surface area contributed by atoms with Crippen LogP contribution in [0.25, 0.3) is 0 Å². The maximum Gasteiger partial charge on any atom is 0.183 e. The molecule has 0 amide bonds. The third kappa shape index (κ3) is 3.85. The highest BCUT2D eigenvalue weighted by Gasteiger charge is 2.11. The van der Waals surface area contributed by atoms with Crippen LogP contribution in [0, 0.1) is 17.6 Å². The third-order valence-electron chi connectivity index (χ3n) is 2.61. The Hall–Kier alpha value is -1.36. The molecule has 1 aromatic rings. The highest BCUT2D eigenvalue weighted by molar-refractivity contribution is 5.66. The first-order valence-corrected chi connectivity index (χ1v) is 5.64. The fourth-order valence-corrected chi connectivity index (χ4v) is 1.50. The van der Waals surface area contributed by atoms with Crippen molar-refractivity contribution in [2.24, 2.45) is 5.92 Å². The number of hydrogen-bond donors (Lipinski definition) is 3. The van der Waals surface area contributed by atoms with Crippen LogP contribution in [0.2, 0.25) is 0 Å². The van der Waals surface area contributed by atoms with Crippen LogP contribution in [0.15, 0.2) is 12.1 Å². The number of nitrogens with one attached hydrogen (secondary N) is 1. The topological polar surface area (TPSA) is 58.3 Å². The first-order valence-electron chi connectivity index (χ1n) is 5.64. The van der Waals surface area contributed by atoms with Crippen LogP contribution < -0.4 is 11.1 Å². The third-order valence-corrected chi connectivity index (χ3v) is 2.61. The smallest absolute Gasteiger partial charge is 0.183 e. The van der Waals surface area contributed by atoms with E-state index < -0.39 is 11.6 Å². The van der Waals surface area contributed by atoms with Gasteiger partial charge in [-0.3, -0.25) is 0 Å². The fraction of sp³-hybridized carbons (Fsp3) is 0.500. The average molecular weight is 244 g/mol. The second kappa shape index (κ2) is 6.39. The summed E-state index contributed by atoms with van der Waals surface area (Å²) >= 11 is 0. The van der Waals surface area contributed by atoms with Crippen molar-refractivity contribution in [3.05, 3.63) is 23.8 Å². The SMILES string of the molecule is CC(CO)CCCNc1c(N)ccc(F)c1F. The monoisotopic (exact) mass is 244 g/mol. The molecule has 1 atom stereocenters. The van der Waals surface area contributed by atoms with Crippen LogP contribution in [-0.4, -0.2) is 18.3 Å². The Labute approximate surface area is 99.6 Å². The molecule has 5 heteroatoms. The summed E-state index contributed by atoms with van der Waals surface area (Å²) in [6, 6.07) is 2.33. The van der Waals surface area contributed by atoms with Gasteiger partial charge in [0, 0.05) is 13.2 Å². The molecule has 17 heavy (non-hydrogen) atoms. The number of anilines is 2. The van der Waals surface area contributed by atoms with Gasteiger partial charge in [-0.2, -0.15) is 0 Å². The lowest BCUT2D eigenvalue weighted by Gasteiger charge is -2.12. The molecule has 4 N–H and O–H groups in total. The van der Waals surface area contributed by atoms with Crippen molar-refractivity contribution < 1.29 is 13.9 Å². The molecule has 1 unspecified atom stereocenters. The molecule has 0 saturated heterocycles. The van der Waals surface area contributed by atoms with Crippen molar-refractivity contribution in [2.45, 2.75) is 19.8 Å². The molecule has 0 saturated carbocycles. The summed E-state index contributed by atoms with van der Waals surface area (Å²) in [4.78, 5) is 0. The lowest BCUT2D eigenvalue weighted by Crippen LogP contribution is -2.09. The minimum atomic E-state index is -0.944. The normalized spacial score (nSPS) is 12.5. The van der Waals surface area contributed by atoms with E-state index in [4.69, 9.17) is 10.8 Å². The number of rotatable bonds is 6. The minimum Gasteiger partial charge on any atom is -0.397 e. The zero-order valence-corrected chi connectivity index (χ0v) is 9.84. The van der Waals surface area contributed by atoms with Gasteiger partial charge in [0.25, 0.3) is 0 Å². The Bertz CT molecular complexity index is 372. The van der Waals surface area contributed by atoms with Gasteiger partial charge in [0.1, 0.15) is 0 Å². The van der Waals surface area contributed by atoms with Gasteiger partial charge in [-0.05, 0) is 30.9 Å². The Balaban J connectivity index is 2.49. The van der Waals surface area contributed by atoms with Crippen LogP contribution >= 0.6 is 0 Å². The summed E-state index contributed by atoms with van der Waals surface area (Å²) < 4.78 is 26.3. The van der Waals surface area contributed by atoms with E-state index in [1.807, 2.05) is 6.92 Å². The summed E-state index contributed by atoms with van der Waals surface area (Å²) in [6.07, 6.45) is 1.58. The number of benzene rings is 1. The zero-order valence-electron chi connectivity index (χ0n) is 9.84. The Morgan fingerprint density at radius 3 is 2.76 bits per heavy atom. The van der Waals surface area contributed by atoms with Crippen molar-refractivity contribution in [3.63, 3.8) is 0 Å². The molecule has 96 valence electrons. The van der Waals surface area contributed by atoms with Gasteiger partial charge < -0.3 is 16.2 Å². The van der Waals surface area contributed by atoms with Crippen molar-refractivity contribution in [2.75, 3.05) is 24.2 Å². The average Bonchev–Trinajstić information content (AvgIpc) is 2.32. The molecule has 0 spiro atoms. The number of nitrogens with two attached hydrogens (primary N) is 1. The number of hydrogen-bond acceptors (Lipinski definition) is 3. The molecule has 0 aromatic heterocycles. The molecule has 0 heterocycles. The quantitative estimate of drug-likeness (QED) is 0.532. The molecule has 0 bridgehead atoms. The fourth-order valence-electron chi connectivity index (χ4n) is 1.50. The largest absolute Gasteiger partial charge is 0.397 e. The van der Waals surface area contributed by atoms with Crippen LogP contribution in [0.3, 0.4) is 0 Å². The highest BCUT2D eigenvalue weighted by atomic mass is 19.2. The molecule has 0 radical (unpaired) electrons. The maximum absolute atomic E-state index is 13.4. The van der Waals surface area contributed by atoms with E-state index in [-0.39, 0.29) is 23.9 Å². The number of aliphatic hydroxyl groups excluding tert-OH is 1. The number of aliphatic hydroxyl groups is 1. The Morgan fingerprint density at radius 2 is 2.12 bits per heavy atom. The van der Waals surface area contributed by atoms with E-state index in [9.17, 15) is 8.78 Å². The van der Waals surface area contributed by atoms with Crippen LogP contribution in [0.4, 0.5) is 20.2 Å². The summed E-state index contributed by atoms with van der Waals surface area (Å²) in [5.74, 6) is -1.64. The van der Waals surface area contributed by atoms with E-state index in [1.165, 1.54) is 6.07 Å². The highest BCUT2D eigenvalue weighted by Crippen LogP contribution is 2.24. The molecule has 1 rings (SSSR count). The standard InChI is InChI=1S/C12H18F2N2O/c1-8(7-17)3-2-6-16-12-10(15)5-4-9(13)11(12)14/h4-5,8,16-17H,2-3,6-7,15H2,1H3. The predicted molar refractivity (Wildman–Crippen MR) is 64.7 cm³/mol. The van der Waals surface area contributed by atoms with Crippen molar-refractivity contribution >= 4 is 11.4 Å². The molecule has 0 aliphatic heterocycles. The van der Waals surface area contributed by atoms with E-state index in [0.29, 0.717) is 6.54 Å².